The molecule has 2 heterocycles. The van der Waals surface area contributed by atoms with Crippen LogP contribution in [0, 0.1) is 14.0 Å². The van der Waals surface area contributed by atoms with Gasteiger partial charge in [0.2, 0.25) is 0 Å². The number of para-hydroxylation sites is 4. The molecule has 2 radical (unpaired) electrons. The number of fused-ring (bicyclic) bond motifs is 4. The minimum atomic E-state index is 0. The van der Waals surface area contributed by atoms with Gasteiger partial charge in [0.05, 0.1) is 0 Å². The first-order valence-electron chi connectivity index (χ1n) is 12.8. The fourth-order valence-corrected chi connectivity index (χ4v) is 5.90. The predicted octanol–water partition coefficient (Wildman–Crippen LogP) is 8.94. The third-order valence-corrected chi connectivity index (χ3v) is 7.85. The minimum absolute atomic E-state index is 0. The molecule has 4 aromatic carbocycles. The van der Waals surface area contributed by atoms with Gasteiger partial charge in [-0.1, -0.05) is 100 Å². The van der Waals surface area contributed by atoms with Crippen molar-refractivity contribution >= 4 is 22.7 Å². The maximum atomic E-state index is 4.18. The van der Waals surface area contributed by atoms with E-state index < -0.39 is 0 Å². The number of rotatable bonds is 2. The molecule has 2 aliphatic rings. The van der Waals surface area contributed by atoms with E-state index in [1.54, 1.807) is 0 Å². The standard InChI is InChI=1S/C18H20N.C16H16N.2Y/c1-4-13-19-16-11-7-5-9-14(16)18(2,3)15-10-6-8-12-17(15)19;1-16(2)12-8-4-6-10-14(12)17(3)15-11-7-5-9-13(15)16;;/h5-12H,1,4,13H2,2-3H3;4-11H,3H2,1-2H3;;/q2*-1;;. The second-order valence-electron chi connectivity index (χ2n) is 10.8. The molecule has 2 nitrogen and oxygen atoms in total. The molecule has 0 saturated carbocycles. The average molecular weight is 650 g/mol. The zero-order valence-electron chi connectivity index (χ0n) is 23.1. The van der Waals surface area contributed by atoms with E-state index in [0.717, 1.165) is 13.0 Å². The minimum Gasteiger partial charge on any atom is -0.497 e. The zero-order chi connectivity index (χ0) is 25.5. The van der Waals surface area contributed by atoms with E-state index in [4.69, 9.17) is 0 Å². The van der Waals surface area contributed by atoms with Gasteiger partial charge in [-0.05, 0) is 53.1 Å². The predicted molar refractivity (Wildman–Crippen MR) is 154 cm³/mol. The largest absolute Gasteiger partial charge is 0.497 e. The Morgan fingerprint density at radius 2 is 0.816 bits per heavy atom. The molecule has 0 saturated heterocycles. The molecule has 190 valence electrons. The Morgan fingerprint density at radius 1 is 0.526 bits per heavy atom. The third-order valence-electron chi connectivity index (χ3n) is 7.85. The van der Waals surface area contributed by atoms with Crippen molar-refractivity contribution in [1.29, 1.82) is 0 Å². The maximum absolute atomic E-state index is 4.18. The van der Waals surface area contributed by atoms with Crippen LogP contribution >= 0.6 is 0 Å². The van der Waals surface area contributed by atoms with Gasteiger partial charge in [-0.2, -0.15) is 6.42 Å². The molecule has 0 N–H and O–H groups in total. The molecule has 38 heavy (non-hydrogen) atoms. The Kier molecular flexibility index (Phi) is 10.2. The summed E-state index contributed by atoms with van der Waals surface area (Å²) < 4.78 is 0. The molecule has 0 bridgehead atoms. The van der Waals surface area contributed by atoms with E-state index in [1.807, 2.05) is 4.90 Å². The van der Waals surface area contributed by atoms with Gasteiger partial charge in [-0.3, -0.25) is 7.05 Å². The summed E-state index contributed by atoms with van der Waals surface area (Å²) in [6, 6.07) is 34.5. The second kappa shape index (κ2) is 12.5. The summed E-state index contributed by atoms with van der Waals surface area (Å²) in [6.45, 7) is 14.2. The van der Waals surface area contributed by atoms with Crippen LogP contribution in [-0.4, -0.2) is 6.54 Å². The van der Waals surface area contributed by atoms with Gasteiger partial charge >= 0.3 is 0 Å². The van der Waals surface area contributed by atoms with E-state index in [-0.39, 0.29) is 76.2 Å². The number of hydrogen-bond donors (Lipinski definition) is 0. The summed E-state index contributed by atoms with van der Waals surface area (Å²) in [4.78, 5) is 4.44. The first-order valence-corrected chi connectivity index (χ1v) is 12.8. The van der Waals surface area contributed by atoms with Crippen molar-refractivity contribution in [2.45, 2.75) is 44.9 Å². The van der Waals surface area contributed by atoms with Crippen LogP contribution in [0.2, 0.25) is 0 Å². The van der Waals surface area contributed by atoms with E-state index in [1.165, 1.54) is 45.0 Å². The third kappa shape index (κ3) is 5.36. The van der Waals surface area contributed by atoms with Gasteiger partial charge in [-0.15, -0.1) is 0 Å². The van der Waals surface area contributed by atoms with Crippen LogP contribution in [0.1, 0.15) is 56.4 Å². The van der Waals surface area contributed by atoms with Gasteiger partial charge in [0.1, 0.15) is 0 Å². The van der Waals surface area contributed by atoms with Crippen molar-refractivity contribution in [3.8, 4) is 0 Å². The SMILES string of the molecule is [CH2-]CCN1c2ccccc2C(C)(C)c2ccccc21.[CH2-]N1c2ccccc2C(C)(C)c2ccccc21.[Y].[Y]. The summed E-state index contributed by atoms with van der Waals surface area (Å²) >= 11 is 0. The number of hydrogen-bond acceptors (Lipinski definition) is 2. The topological polar surface area (TPSA) is 6.48 Å². The maximum Gasteiger partial charge on any atom is 0.0451 e. The van der Waals surface area contributed by atoms with Crippen LogP contribution in [0.25, 0.3) is 0 Å². The fraction of sp³-hybridized carbons (Fsp3) is 0.235. The number of anilines is 4. The number of benzene rings is 4. The molecule has 0 spiro atoms. The molecular weight excluding hydrogens is 614 g/mol. The zero-order valence-corrected chi connectivity index (χ0v) is 28.8. The molecule has 0 amide bonds. The van der Waals surface area contributed by atoms with E-state index in [9.17, 15) is 0 Å². The van der Waals surface area contributed by atoms with Crippen molar-refractivity contribution in [3.05, 3.63) is 133 Å². The molecule has 0 aliphatic carbocycles. The van der Waals surface area contributed by atoms with Crippen molar-refractivity contribution in [2.75, 3.05) is 16.3 Å². The van der Waals surface area contributed by atoms with Crippen molar-refractivity contribution in [1.82, 2.24) is 0 Å². The monoisotopic (exact) mass is 650 g/mol. The number of nitrogens with zero attached hydrogens (tertiary/aromatic N) is 2. The van der Waals surface area contributed by atoms with Crippen molar-refractivity contribution < 1.29 is 65.4 Å². The molecule has 0 aromatic heterocycles. The Bertz CT molecular complexity index is 1290. The van der Waals surface area contributed by atoms with Crippen molar-refractivity contribution in [3.63, 3.8) is 0 Å². The molecule has 4 aromatic rings. The fourth-order valence-electron chi connectivity index (χ4n) is 5.90. The molecule has 0 fully saturated rings. The Balaban J connectivity index is 0.000000201. The molecule has 2 aliphatic heterocycles. The first kappa shape index (κ1) is 31.2. The molecule has 6 rings (SSSR count). The summed E-state index contributed by atoms with van der Waals surface area (Å²) in [5.74, 6) is 0. The van der Waals surface area contributed by atoms with E-state index >= 15 is 0 Å². The molecule has 0 atom stereocenters. The Hall–Kier alpha value is -1.31. The van der Waals surface area contributed by atoms with Gasteiger partial charge < -0.3 is 16.7 Å². The van der Waals surface area contributed by atoms with Gasteiger partial charge in [0.25, 0.3) is 0 Å². The van der Waals surface area contributed by atoms with E-state index in [2.05, 4.69) is 144 Å². The quantitative estimate of drug-likeness (QED) is 0.200. The van der Waals surface area contributed by atoms with Gasteiger partial charge in [0.15, 0.2) is 0 Å². The summed E-state index contributed by atoms with van der Waals surface area (Å²) in [6.07, 6.45) is 0.906. The van der Waals surface area contributed by atoms with Crippen LogP contribution in [0.4, 0.5) is 22.7 Å². The molecular formula is C34H36N2Y2-2. The molecule has 4 heteroatoms. The summed E-state index contributed by atoms with van der Waals surface area (Å²) in [5, 5.41) is 0. The van der Waals surface area contributed by atoms with Crippen LogP contribution in [0.15, 0.2) is 97.1 Å². The van der Waals surface area contributed by atoms with Crippen molar-refractivity contribution in [2.24, 2.45) is 0 Å². The first-order chi connectivity index (χ1) is 17.3. The second-order valence-corrected chi connectivity index (χ2v) is 10.8. The average Bonchev–Trinajstić information content (AvgIpc) is 2.91. The summed E-state index contributed by atoms with van der Waals surface area (Å²) in [7, 11) is 4.18. The molecule has 0 unspecified atom stereocenters. The van der Waals surface area contributed by atoms with Crippen LogP contribution < -0.4 is 9.80 Å². The van der Waals surface area contributed by atoms with E-state index in [0.29, 0.717) is 0 Å². The van der Waals surface area contributed by atoms with Crippen LogP contribution in [0.5, 0.6) is 0 Å². The smallest absolute Gasteiger partial charge is 0.0451 e. The normalized spacial score (nSPS) is 15.2. The van der Waals surface area contributed by atoms with Gasteiger partial charge in [0, 0.05) is 99.0 Å². The van der Waals surface area contributed by atoms with Crippen LogP contribution in [-0.2, 0) is 76.2 Å². The van der Waals surface area contributed by atoms with Gasteiger partial charge in [-0.25, -0.2) is 0 Å². The Labute approximate surface area is 280 Å². The Morgan fingerprint density at radius 3 is 1.16 bits per heavy atom. The summed E-state index contributed by atoms with van der Waals surface area (Å²) in [5.41, 5.74) is 10.7. The van der Waals surface area contributed by atoms with Crippen LogP contribution in [0.3, 0.4) is 0 Å².